The minimum absolute atomic E-state index is 0. The molecule has 0 spiro atoms. The first-order valence-electron chi connectivity index (χ1n) is 8.14. The van der Waals surface area contributed by atoms with Crippen LogP contribution in [0.25, 0.3) is 0 Å². The molecule has 0 amide bonds. The fourth-order valence-corrected chi connectivity index (χ4v) is 2.40. The number of rotatable bonds is 7. The number of alkyl halides is 3. The maximum Gasteiger partial charge on any atom is 0.416 e. The van der Waals surface area contributed by atoms with Crippen molar-refractivity contribution in [3.8, 4) is 11.8 Å². The number of thioether (sulfide) groups is 1. The van der Waals surface area contributed by atoms with E-state index in [0.717, 1.165) is 43.8 Å². The zero-order chi connectivity index (χ0) is 18.5. The van der Waals surface area contributed by atoms with E-state index in [-0.39, 0.29) is 24.0 Å². The molecule has 0 heterocycles. The van der Waals surface area contributed by atoms with Crippen LogP contribution in [0.4, 0.5) is 13.2 Å². The van der Waals surface area contributed by atoms with Gasteiger partial charge >= 0.3 is 6.18 Å². The molecular weight excluding hydrogens is 474 g/mol. The van der Waals surface area contributed by atoms with Crippen LogP contribution in [0.2, 0.25) is 0 Å². The van der Waals surface area contributed by atoms with Crippen LogP contribution in [-0.2, 0) is 6.18 Å². The van der Waals surface area contributed by atoms with Crippen LogP contribution in [0.15, 0.2) is 29.3 Å². The lowest BCUT2D eigenvalue weighted by atomic mass is 10.1. The van der Waals surface area contributed by atoms with Crippen molar-refractivity contribution in [3.05, 3.63) is 35.4 Å². The van der Waals surface area contributed by atoms with Gasteiger partial charge in [-0.1, -0.05) is 11.8 Å². The van der Waals surface area contributed by atoms with Crippen LogP contribution in [0, 0.1) is 11.8 Å². The van der Waals surface area contributed by atoms with Gasteiger partial charge in [0, 0.05) is 18.7 Å². The smallest absolute Gasteiger partial charge is 0.357 e. The van der Waals surface area contributed by atoms with E-state index >= 15 is 0 Å². The molecule has 0 unspecified atom stereocenters. The third-order valence-electron chi connectivity index (χ3n) is 3.16. The standard InChI is InChI=1S/C18H24F3N3S.HI/c1-3-22-17(23-12-4-5-14-25-2)24-13-6-7-15-8-10-16(11-9-15)18(19,20)21;/h8-11H,3-5,12-14H2,1-2H3,(H2,22,23,24);1H. The highest BCUT2D eigenvalue weighted by Gasteiger charge is 2.29. The van der Waals surface area contributed by atoms with Crippen molar-refractivity contribution >= 4 is 41.7 Å². The summed E-state index contributed by atoms with van der Waals surface area (Å²) < 4.78 is 37.5. The monoisotopic (exact) mass is 499 g/mol. The van der Waals surface area contributed by atoms with Crippen LogP contribution in [-0.4, -0.2) is 37.6 Å². The average Bonchev–Trinajstić information content (AvgIpc) is 2.58. The fourth-order valence-electron chi connectivity index (χ4n) is 1.91. The van der Waals surface area contributed by atoms with Gasteiger partial charge in [0.05, 0.1) is 12.1 Å². The molecule has 0 radical (unpaired) electrons. The van der Waals surface area contributed by atoms with E-state index < -0.39 is 11.7 Å². The van der Waals surface area contributed by atoms with Gasteiger partial charge in [-0.05, 0) is 56.0 Å². The molecule has 1 aromatic rings. The zero-order valence-corrected chi connectivity index (χ0v) is 18.1. The average molecular weight is 499 g/mol. The highest BCUT2D eigenvalue weighted by molar-refractivity contribution is 14.0. The maximum absolute atomic E-state index is 12.5. The quantitative estimate of drug-likeness (QED) is 0.192. The van der Waals surface area contributed by atoms with E-state index in [9.17, 15) is 13.2 Å². The largest absolute Gasteiger partial charge is 0.416 e. The van der Waals surface area contributed by atoms with Crippen molar-refractivity contribution in [2.45, 2.75) is 25.9 Å². The molecule has 8 heteroatoms. The molecule has 1 rings (SSSR count). The van der Waals surface area contributed by atoms with Crippen molar-refractivity contribution in [2.75, 3.05) is 31.6 Å². The topological polar surface area (TPSA) is 36.4 Å². The Labute approximate surface area is 175 Å². The molecule has 0 atom stereocenters. The van der Waals surface area contributed by atoms with Crippen LogP contribution < -0.4 is 10.6 Å². The third-order valence-corrected chi connectivity index (χ3v) is 3.86. The number of unbranched alkanes of at least 4 members (excludes halogenated alkanes) is 1. The number of hydrogen-bond acceptors (Lipinski definition) is 2. The normalized spacial score (nSPS) is 11.2. The lowest BCUT2D eigenvalue weighted by molar-refractivity contribution is -0.137. The number of guanidine groups is 1. The summed E-state index contributed by atoms with van der Waals surface area (Å²) in [4.78, 5) is 4.46. The Hall–Kier alpha value is -1.08. The Morgan fingerprint density at radius 2 is 1.85 bits per heavy atom. The SMILES string of the molecule is CCNC(=NCCCCSC)NCC#Cc1ccc(C(F)(F)F)cc1.I. The van der Waals surface area contributed by atoms with Gasteiger partial charge in [0.2, 0.25) is 0 Å². The van der Waals surface area contributed by atoms with Gasteiger partial charge in [-0.3, -0.25) is 4.99 Å². The van der Waals surface area contributed by atoms with Crippen LogP contribution in [0.5, 0.6) is 0 Å². The Kier molecular flexibility index (Phi) is 13.5. The molecule has 0 aliphatic rings. The number of nitrogens with one attached hydrogen (secondary N) is 2. The number of nitrogens with zero attached hydrogens (tertiary/aromatic N) is 1. The molecule has 2 N–H and O–H groups in total. The van der Waals surface area contributed by atoms with E-state index in [1.54, 1.807) is 0 Å². The molecule has 0 saturated carbocycles. The van der Waals surface area contributed by atoms with Gasteiger partial charge in [-0.2, -0.15) is 24.9 Å². The number of halogens is 4. The molecule has 146 valence electrons. The molecular formula is C18H25F3IN3S. The van der Waals surface area contributed by atoms with Crippen LogP contribution in [0.1, 0.15) is 30.9 Å². The zero-order valence-electron chi connectivity index (χ0n) is 14.9. The number of benzene rings is 1. The summed E-state index contributed by atoms with van der Waals surface area (Å²) in [6.45, 7) is 3.86. The lowest BCUT2D eigenvalue weighted by Crippen LogP contribution is -2.37. The summed E-state index contributed by atoms with van der Waals surface area (Å²) in [6.07, 6.45) is -0.0583. The van der Waals surface area contributed by atoms with Crippen molar-refractivity contribution in [1.82, 2.24) is 10.6 Å². The predicted octanol–water partition coefficient (Wildman–Crippen LogP) is 4.37. The van der Waals surface area contributed by atoms with Gasteiger partial charge in [-0.15, -0.1) is 24.0 Å². The molecule has 0 saturated heterocycles. The summed E-state index contributed by atoms with van der Waals surface area (Å²) in [5, 5.41) is 6.23. The van der Waals surface area contributed by atoms with E-state index in [4.69, 9.17) is 0 Å². The highest BCUT2D eigenvalue weighted by Crippen LogP contribution is 2.28. The molecule has 0 aliphatic carbocycles. The summed E-state index contributed by atoms with van der Waals surface area (Å²) in [5.41, 5.74) is -0.118. The molecule has 0 bridgehead atoms. The van der Waals surface area contributed by atoms with E-state index in [1.165, 1.54) is 12.1 Å². The molecule has 3 nitrogen and oxygen atoms in total. The fraction of sp³-hybridized carbons (Fsp3) is 0.500. The second-order valence-electron chi connectivity index (χ2n) is 5.19. The van der Waals surface area contributed by atoms with E-state index in [0.29, 0.717) is 18.1 Å². The summed E-state index contributed by atoms with van der Waals surface area (Å²) >= 11 is 1.83. The molecule has 1 aromatic carbocycles. The van der Waals surface area contributed by atoms with Gasteiger partial charge in [0.15, 0.2) is 5.96 Å². The Morgan fingerprint density at radius 1 is 1.15 bits per heavy atom. The van der Waals surface area contributed by atoms with E-state index in [1.807, 2.05) is 18.7 Å². The first-order chi connectivity index (χ1) is 12.0. The second kappa shape index (κ2) is 14.0. The minimum atomic E-state index is -4.32. The predicted molar refractivity (Wildman–Crippen MR) is 115 cm³/mol. The second-order valence-corrected chi connectivity index (χ2v) is 6.18. The highest BCUT2D eigenvalue weighted by atomic mass is 127. The van der Waals surface area contributed by atoms with E-state index in [2.05, 4.69) is 33.7 Å². The Balaban J connectivity index is 0.00000625. The van der Waals surface area contributed by atoms with Crippen molar-refractivity contribution < 1.29 is 13.2 Å². The maximum atomic E-state index is 12.5. The van der Waals surface area contributed by atoms with Gasteiger partial charge < -0.3 is 10.6 Å². The number of hydrogen-bond donors (Lipinski definition) is 2. The summed E-state index contributed by atoms with van der Waals surface area (Å²) in [5.74, 6) is 7.57. The Bertz CT molecular complexity index is 592. The van der Waals surface area contributed by atoms with Gasteiger partial charge in [0.1, 0.15) is 0 Å². The summed E-state index contributed by atoms with van der Waals surface area (Å²) in [7, 11) is 0. The summed E-state index contributed by atoms with van der Waals surface area (Å²) in [6, 6.07) is 4.83. The first kappa shape index (κ1) is 24.9. The minimum Gasteiger partial charge on any atom is -0.357 e. The lowest BCUT2D eigenvalue weighted by Gasteiger charge is -2.08. The molecule has 0 aromatic heterocycles. The molecule has 0 aliphatic heterocycles. The first-order valence-corrected chi connectivity index (χ1v) is 9.54. The molecule has 26 heavy (non-hydrogen) atoms. The molecule has 0 fully saturated rings. The van der Waals surface area contributed by atoms with Crippen molar-refractivity contribution in [2.24, 2.45) is 4.99 Å². The van der Waals surface area contributed by atoms with Crippen LogP contribution >= 0.6 is 35.7 Å². The van der Waals surface area contributed by atoms with Crippen LogP contribution in [0.3, 0.4) is 0 Å². The van der Waals surface area contributed by atoms with Gasteiger partial charge in [-0.25, -0.2) is 0 Å². The van der Waals surface area contributed by atoms with Crippen molar-refractivity contribution in [1.29, 1.82) is 0 Å². The van der Waals surface area contributed by atoms with Gasteiger partial charge in [0.25, 0.3) is 0 Å². The Morgan fingerprint density at radius 3 is 2.42 bits per heavy atom. The third kappa shape index (κ3) is 10.8. The number of aliphatic imine (C=N–C) groups is 1. The van der Waals surface area contributed by atoms with Crippen molar-refractivity contribution in [3.63, 3.8) is 0 Å².